The van der Waals surface area contributed by atoms with E-state index in [2.05, 4.69) is 59.9 Å². The van der Waals surface area contributed by atoms with Crippen molar-refractivity contribution in [2.75, 3.05) is 6.54 Å². The van der Waals surface area contributed by atoms with E-state index in [9.17, 15) is 14.7 Å². The molecule has 226 valence electrons. The Hall–Kier alpha value is -1.36. The first-order valence-electron chi connectivity index (χ1n) is 16.4. The summed E-state index contributed by atoms with van der Waals surface area (Å²) in [4.78, 5) is 25.0. The summed E-state index contributed by atoms with van der Waals surface area (Å²) in [5.41, 5.74) is 1.94. The molecule has 0 aromatic heterocycles. The van der Waals surface area contributed by atoms with Gasteiger partial charge in [-0.25, -0.2) is 0 Å². The second-order valence-corrected chi connectivity index (χ2v) is 16.9. The SMILES string of the molecule is CC1(C)CC[C@]2(C(=O)NCCCCC(=O)O)CC[C@]3(C)C(=CC[C@@H]4[C@@]5(C)CC[C@H](O)C(C)(C)[C@@H]5CC[C@]43C)[C@@H]2C1. The third kappa shape index (κ3) is 4.33. The highest BCUT2D eigenvalue weighted by molar-refractivity contribution is 5.84. The van der Waals surface area contributed by atoms with Crippen LogP contribution in [0.1, 0.15) is 132 Å². The molecule has 5 aliphatic rings. The van der Waals surface area contributed by atoms with Gasteiger partial charge in [-0.15, -0.1) is 0 Å². The molecule has 4 saturated carbocycles. The van der Waals surface area contributed by atoms with E-state index in [0.29, 0.717) is 24.8 Å². The number of unbranched alkanes of at least 4 members (excludes halogenated alkanes) is 1. The second kappa shape index (κ2) is 9.85. The van der Waals surface area contributed by atoms with Gasteiger partial charge < -0.3 is 15.5 Å². The van der Waals surface area contributed by atoms with Crippen LogP contribution in [0.2, 0.25) is 0 Å². The van der Waals surface area contributed by atoms with Crippen LogP contribution in [0.25, 0.3) is 0 Å². The van der Waals surface area contributed by atoms with E-state index in [0.717, 1.165) is 57.8 Å². The number of carboxylic acid groups (broad SMARTS) is 1. The number of aliphatic hydroxyl groups excluding tert-OH is 1. The highest BCUT2D eigenvalue weighted by Crippen LogP contribution is 2.75. The third-order valence-corrected chi connectivity index (χ3v) is 14.2. The number of carboxylic acids is 1. The van der Waals surface area contributed by atoms with E-state index in [1.54, 1.807) is 5.57 Å². The number of aliphatic carboxylic acids is 1. The standard InChI is InChI=1S/C35H57NO4/c1-30(2)17-19-35(29(40)36-21-9-8-10-28(38)39)20-18-33(6)23(24(35)22-30)11-12-26-32(5)15-14-27(37)31(3,4)25(32)13-16-34(26,33)7/h11,24-27,37H,8-10,12-22H2,1-7H3,(H,36,40)(H,38,39)/t24-,25-,26+,27-,32-,33+,34+,35-/m0/s1. The molecule has 1 amide bonds. The highest BCUT2D eigenvalue weighted by atomic mass is 16.4. The Morgan fingerprint density at radius 1 is 0.900 bits per heavy atom. The minimum atomic E-state index is -0.766. The summed E-state index contributed by atoms with van der Waals surface area (Å²) in [6, 6.07) is 0. The van der Waals surface area contributed by atoms with E-state index < -0.39 is 5.97 Å². The van der Waals surface area contributed by atoms with Gasteiger partial charge in [0.1, 0.15) is 0 Å². The van der Waals surface area contributed by atoms with E-state index in [1.165, 1.54) is 12.8 Å². The number of hydrogen-bond acceptors (Lipinski definition) is 3. The summed E-state index contributed by atoms with van der Waals surface area (Å²) in [5, 5.41) is 23.3. The number of hydrogen-bond donors (Lipinski definition) is 3. The van der Waals surface area contributed by atoms with Crippen LogP contribution in [0.3, 0.4) is 0 Å². The quantitative estimate of drug-likeness (QED) is 0.234. The zero-order valence-corrected chi connectivity index (χ0v) is 26.5. The minimum absolute atomic E-state index is 0.0447. The Morgan fingerprint density at radius 2 is 1.60 bits per heavy atom. The van der Waals surface area contributed by atoms with Gasteiger partial charge in [-0.2, -0.15) is 0 Å². The first-order chi connectivity index (χ1) is 18.5. The monoisotopic (exact) mass is 555 g/mol. The third-order valence-electron chi connectivity index (χ3n) is 14.2. The molecule has 3 N–H and O–H groups in total. The van der Waals surface area contributed by atoms with Crippen LogP contribution in [0.4, 0.5) is 0 Å². The molecule has 0 aliphatic heterocycles. The molecule has 4 fully saturated rings. The summed E-state index contributed by atoms with van der Waals surface area (Å²) in [5.74, 6) is 0.882. The maximum absolute atomic E-state index is 14.1. The first kappa shape index (κ1) is 30.1. The number of aliphatic hydroxyl groups is 1. The van der Waals surface area contributed by atoms with Gasteiger partial charge in [-0.05, 0) is 122 Å². The van der Waals surface area contributed by atoms with Crippen LogP contribution < -0.4 is 5.32 Å². The molecule has 5 nitrogen and oxygen atoms in total. The molecule has 5 rings (SSSR count). The van der Waals surface area contributed by atoms with Crippen molar-refractivity contribution in [1.82, 2.24) is 5.32 Å². The van der Waals surface area contributed by atoms with Crippen molar-refractivity contribution in [3.8, 4) is 0 Å². The summed E-state index contributed by atoms with van der Waals surface area (Å²) < 4.78 is 0. The Balaban J connectivity index is 1.46. The molecule has 5 aliphatic carbocycles. The Labute approximate surface area is 243 Å². The van der Waals surface area contributed by atoms with Gasteiger partial charge in [-0.3, -0.25) is 9.59 Å². The number of allylic oxidation sites excluding steroid dienone is 2. The van der Waals surface area contributed by atoms with E-state index >= 15 is 0 Å². The maximum atomic E-state index is 14.1. The van der Waals surface area contributed by atoms with Crippen molar-refractivity contribution in [1.29, 1.82) is 0 Å². The van der Waals surface area contributed by atoms with Crippen LogP contribution in [0, 0.1) is 50.2 Å². The van der Waals surface area contributed by atoms with Gasteiger partial charge in [0.2, 0.25) is 5.91 Å². The normalized spacial score (nSPS) is 45.1. The fraction of sp³-hybridized carbons (Fsp3) is 0.886. The van der Waals surface area contributed by atoms with Crippen molar-refractivity contribution in [3.63, 3.8) is 0 Å². The Kier molecular flexibility index (Phi) is 7.41. The number of carbonyl (C=O) groups excluding carboxylic acids is 1. The average molecular weight is 556 g/mol. The smallest absolute Gasteiger partial charge is 0.303 e. The molecule has 0 bridgehead atoms. The van der Waals surface area contributed by atoms with Crippen LogP contribution >= 0.6 is 0 Å². The lowest BCUT2D eigenvalue weighted by atomic mass is 9.33. The molecular formula is C35H57NO4. The minimum Gasteiger partial charge on any atom is -0.481 e. The first-order valence-corrected chi connectivity index (χ1v) is 16.4. The molecule has 0 spiro atoms. The van der Waals surface area contributed by atoms with E-state index in [1.807, 2.05) is 0 Å². The summed E-state index contributed by atoms with van der Waals surface area (Å²) in [6.07, 6.45) is 14.6. The van der Waals surface area contributed by atoms with Crippen molar-refractivity contribution in [2.45, 2.75) is 138 Å². The molecule has 0 radical (unpaired) electrons. The van der Waals surface area contributed by atoms with Crippen molar-refractivity contribution in [2.24, 2.45) is 50.2 Å². The van der Waals surface area contributed by atoms with Crippen molar-refractivity contribution >= 4 is 11.9 Å². The lowest BCUT2D eigenvalue weighted by molar-refractivity contribution is -0.203. The van der Waals surface area contributed by atoms with Gasteiger partial charge in [0.25, 0.3) is 0 Å². The lowest BCUT2D eigenvalue weighted by Crippen LogP contribution is -2.65. The Morgan fingerprint density at radius 3 is 2.30 bits per heavy atom. The molecular weight excluding hydrogens is 498 g/mol. The van der Waals surface area contributed by atoms with Crippen molar-refractivity contribution < 1.29 is 19.8 Å². The topological polar surface area (TPSA) is 86.6 Å². The lowest BCUT2D eigenvalue weighted by Gasteiger charge is -2.71. The summed E-state index contributed by atoms with van der Waals surface area (Å²) in [6.45, 7) is 17.7. The predicted octanol–water partition coefficient (Wildman–Crippen LogP) is 7.52. The van der Waals surface area contributed by atoms with Crippen LogP contribution in [-0.4, -0.2) is 34.7 Å². The number of amides is 1. The molecule has 0 aromatic rings. The summed E-state index contributed by atoms with van der Waals surface area (Å²) >= 11 is 0. The molecule has 0 heterocycles. The summed E-state index contributed by atoms with van der Waals surface area (Å²) in [7, 11) is 0. The maximum Gasteiger partial charge on any atom is 0.303 e. The highest BCUT2D eigenvalue weighted by Gasteiger charge is 2.69. The van der Waals surface area contributed by atoms with Gasteiger partial charge >= 0.3 is 5.97 Å². The second-order valence-electron chi connectivity index (χ2n) is 16.9. The molecule has 5 heteroatoms. The van der Waals surface area contributed by atoms with E-state index in [4.69, 9.17) is 5.11 Å². The zero-order valence-electron chi connectivity index (χ0n) is 26.5. The fourth-order valence-corrected chi connectivity index (χ4v) is 11.4. The van der Waals surface area contributed by atoms with Crippen LogP contribution in [0.15, 0.2) is 11.6 Å². The van der Waals surface area contributed by atoms with Gasteiger partial charge in [-0.1, -0.05) is 60.1 Å². The average Bonchev–Trinajstić information content (AvgIpc) is 2.86. The van der Waals surface area contributed by atoms with E-state index in [-0.39, 0.29) is 56.8 Å². The predicted molar refractivity (Wildman–Crippen MR) is 160 cm³/mol. The molecule has 8 atom stereocenters. The molecule has 0 aromatic carbocycles. The van der Waals surface area contributed by atoms with Crippen LogP contribution in [0.5, 0.6) is 0 Å². The number of carbonyl (C=O) groups is 2. The van der Waals surface area contributed by atoms with Crippen molar-refractivity contribution in [3.05, 3.63) is 11.6 Å². The number of rotatable bonds is 6. The van der Waals surface area contributed by atoms with Gasteiger partial charge in [0.15, 0.2) is 0 Å². The largest absolute Gasteiger partial charge is 0.481 e. The fourth-order valence-electron chi connectivity index (χ4n) is 11.4. The zero-order chi connectivity index (χ0) is 29.4. The van der Waals surface area contributed by atoms with Crippen LogP contribution in [-0.2, 0) is 9.59 Å². The molecule has 40 heavy (non-hydrogen) atoms. The van der Waals surface area contributed by atoms with Gasteiger partial charge in [0, 0.05) is 13.0 Å². The molecule has 0 unspecified atom stereocenters. The Bertz CT molecular complexity index is 1060. The van der Waals surface area contributed by atoms with Gasteiger partial charge in [0.05, 0.1) is 11.5 Å². The number of fused-ring (bicyclic) bond motifs is 7. The number of nitrogens with one attached hydrogen (secondary N) is 1. The molecule has 0 saturated heterocycles.